The summed E-state index contributed by atoms with van der Waals surface area (Å²) in [5.41, 5.74) is 6.69. The van der Waals surface area contributed by atoms with Gasteiger partial charge in [0.15, 0.2) is 0 Å². The third-order valence-corrected chi connectivity index (χ3v) is 6.83. The molecule has 0 bridgehead atoms. The van der Waals surface area contributed by atoms with E-state index in [0.717, 1.165) is 51.4 Å². The van der Waals surface area contributed by atoms with E-state index in [4.69, 9.17) is 5.73 Å². The van der Waals surface area contributed by atoms with Gasteiger partial charge >= 0.3 is 0 Å². The van der Waals surface area contributed by atoms with Crippen LogP contribution >= 0.6 is 0 Å². The monoisotopic (exact) mass is 361 g/mol. The van der Waals surface area contributed by atoms with Gasteiger partial charge in [0, 0.05) is 12.3 Å². The van der Waals surface area contributed by atoms with Crippen molar-refractivity contribution in [3.63, 3.8) is 0 Å². The number of aliphatic hydroxyl groups excluding tert-OH is 2. The first-order valence-corrected chi connectivity index (χ1v) is 10.5. The number of hydrogen-bond acceptors (Lipinski definition) is 3. The average molecular weight is 362 g/mol. The first kappa shape index (κ1) is 19.6. The van der Waals surface area contributed by atoms with Gasteiger partial charge in [-0.25, -0.2) is 0 Å². The van der Waals surface area contributed by atoms with Crippen LogP contribution in [0, 0.1) is 23.7 Å². The zero-order chi connectivity index (χ0) is 18.5. The molecule has 4 heteroatoms. The van der Waals surface area contributed by atoms with Crippen LogP contribution < -0.4 is 5.73 Å². The molecule has 1 amide bonds. The van der Waals surface area contributed by atoms with E-state index in [1.54, 1.807) is 0 Å². The Balaban J connectivity index is 1.49. The molecule has 3 fully saturated rings. The summed E-state index contributed by atoms with van der Waals surface area (Å²) in [6.07, 6.45) is 17.0. The van der Waals surface area contributed by atoms with Crippen molar-refractivity contribution in [2.24, 2.45) is 29.4 Å². The summed E-state index contributed by atoms with van der Waals surface area (Å²) < 4.78 is 0. The number of amides is 1. The maximum Gasteiger partial charge on any atom is 0.217 e. The second-order valence-electron chi connectivity index (χ2n) is 8.71. The van der Waals surface area contributed by atoms with Crippen molar-refractivity contribution in [3.8, 4) is 0 Å². The highest BCUT2D eigenvalue weighted by atomic mass is 16.3. The van der Waals surface area contributed by atoms with E-state index in [9.17, 15) is 15.0 Å². The number of carbonyl (C=O) groups excluding carboxylic acids is 1. The van der Waals surface area contributed by atoms with Crippen molar-refractivity contribution in [1.29, 1.82) is 0 Å². The Labute approximate surface area is 157 Å². The third-order valence-electron chi connectivity index (χ3n) is 6.83. The van der Waals surface area contributed by atoms with Crippen LogP contribution in [-0.4, -0.2) is 28.3 Å². The standard InChI is InChI=1S/C22H35NO3/c23-22(26)9-3-1-2-6-15-12-17-14-21(25)18(19(17)13-15)10-11-20(24)16-7-4-5-8-16/h6,10-11,16-21,24-25H,1-5,7-9,12-14H2,(H2,23,26)/b11-10+,15-6+/t17-,18+,19-,20+,21+/m0/s1. The lowest BCUT2D eigenvalue weighted by Crippen LogP contribution is -2.19. The molecule has 0 aromatic carbocycles. The van der Waals surface area contributed by atoms with Crippen LogP contribution in [0.3, 0.4) is 0 Å². The summed E-state index contributed by atoms with van der Waals surface area (Å²) >= 11 is 0. The van der Waals surface area contributed by atoms with Crippen molar-refractivity contribution in [2.75, 3.05) is 0 Å². The topological polar surface area (TPSA) is 83.6 Å². The quantitative estimate of drug-likeness (QED) is 0.457. The summed E-state index contributed by atoms with van der Waals surface area (Å²) in [7, 11) is 0. The van der Waals surface area contributed by atoms with Gasteiger partial charge in [0.05, 0.1) is 12.2 Å². The van der Waals surface area contributed by atoms with Crippen LogP contribution in [0.5, 0.6) is 0 Å². The maximum absolute atomic E-state index is 10.8. The molecule has 0 aromatic heterocycles. The van der Waals surface area contributed by atoms with Gasteiger partial charge in [0.1, 0.15) is 0 Å². The minimum Gasteiger partial charge on any atom is -0.392 e. The number of aliphatic hydroxyl groups is 2. The largest absolute Gasteiger partial charge is 0.392 e. The Morgan fingerprint density at radius 1 is 1.23 bits per heavy atom. The van der Waals surface area contributed by atoms with Gasteiger partial charge in [-0.3, -0.25) is 4.79 Å². The second kappa shape index (κ2) is 9.18. The molecule has 0 heterocycles. The van der Waals surface area contributed by atoms with E-state index in [1.165, 1.54) is 18.4 Å². The summed E-state index contributed by atoms with van der Waals surface area (Å²) in [4.78, 5) is 10.8. The lowest BCUT2D eigenvalue weighted by molar-refractivity contribution is -0.118. The normalized spacial score (nSPS) is 34.8. The first-order chi connectivity index (χ1) is 12.5. The average Bonchev–Trinajstić information content (AvgIpc) is 3.29. The van der Waals surface area contributed by atoms with Crippen molar-refractivity contribution in [1.82, 2.24) is 0 Å². The number of hydrogen-bond donors (Lipinski definition) is 3. The Hall–Kier alpha value is -1.13. The van der Waals surface area contributed by atoms with Crippen LogP contribution in [0.15, 0.2) is 23.8 Å². The van der Waals surface area contributed by atoms with Gasteiger partial charge in [-0.1, -0.05) is 36.6 Å². The molecule has 4 N–H and O–H groups in total. The number of primary amides is 1. The van der Waals surface area contributed by atoms with Gasteiger partial charge in [0.25, 0.3) is 0 Å². The molecule has 4 nitrogen and oxygen atoms in total. The van der Waals surface area contributed by atoms with Gasteiger partial charge in [-0.15, -0.1) is 0 Å². The number of allylic oxidation sites excluding steroid dienone is 2. The smallest absolute Gasteiger partial charge is 0.217 e. The van der Waals surface area contributed by atoms with E-state index >= 15 is 0 Å². The minimum absolute atomic E-state index is 0.191. The molecule has 26 heavy (non-hydrogen) atoms. The Kier molecular flexibility index (Phi) is 6.93. The van der Waals surface area contributed by atoms with Gasteiger partial charge < -0.3 is 15.9 Å². The number of nitrogens with two attached hydrogens (primary N) is 1. The predicted octanol–water partition coefficient (Wildman–Crippen LogP) is 3.47. The molecule has 146 valence electrons. The number of unbranched alkanes of at least 4 members (excludes halogenated alkanes) is 2. The molecular formula is C22H35NO3. The second-order valence-corrected chi connectivity index (χ2v) is 8.71. The highest BCUT2D eigenvalue weighted by Gasteiger charge is 2.45. The number of fused-ring (bicyclic) bond motifs is 1. The van der Waals surface area contributed by atoms with Crippen molar-refractivity contribution in [2.45, 2.75) is 82.8 Å². The molecule has 0 radical (unpaired) electrons. The van der Waals surface area contributed by atoms with Crippen molar-refractivity contribution >= 4 is 5.91 Å². The summed E-state index contributed by atoms with van der Waals surface area (Å²) in [6.45, 7) is 0. The van der Waals surface area contributed by atoms with Crippen LogP contribution in [0.4, 0.5) is 0 Å². The van der Waals surface area contributed by atoms with Gasteiger partial charge in [0.2, 0.25) is 5.91 Å². The molecule has 3 rings (SSSR count). The fourth-order valence-electron chi connectivity index (χ4n) is 5.39. The summed E-state index contributed by atoms with van der Waals surface area (Å²) in [5.74, 6) is 1.50. The third kappa shape index (κ3) is 4.98. The highest BCUT2D eigenvalue weighted by molar-refractivity contribution is 5.73. The van der Waals surface area contributed by atoms with E-state index in [-0.39, 0.29) is 24.0 Å². The van der Waals surface area contributed by atoms with Crippen molar-refractivity contribution < 1.29 is 15.0 Å². The Morgan fingerprint density at radius 2 is 2.00 bits per heavy atom. The lowest BCUT2D eigenvalue weighted by atomic mass is 9.89. The maximum atomic E-state index is 10.8. The SMILES string of the molecule is NC(=O)CCCC/C=C1\C[C@H]2C[C@@H](O)[C@H](/C=C/[C@@H](O)C3CCCC3)[C@H]2C1. The molecular weight excluding hydrogens is 326 g/mol. The first-order valence-electron chi connectivity index (χ1n) is 10.5. The van der Waals surface area contributed by atoms with Crippen LogP contribution in [0.1, 0.15) is 70.6 Å². The fourth-order valence-corrected chi connectivity index (χ4v) is 5.39. The molecule has 0 aliphatic heterocycles. The Bertz CT molecular complexity index is 536. The molecule has 0 unspecified atom stereocenters. The lowest BCUT2D eigenvalue weighted by Gasteiger charge is -2.19. The van der Waals surface area contributed by atoms with Crippen LogP contribution in [0.25, 0.3) is 0 Å². The van der Waals surface area contributed by atoms with Gasteiger partial charge in [-0.2, -0.15) is 0 Å². The van der Waals surface area contributed by atoms with Crippen LogP contribution in [-0.2, 0) is 4.79 Å². The molecule has 0 spiro atoms. The van der Waals surface area contributed by atoms with Gasteiger partial charge in [-0.05, 0) is 69.1 Å². The molecule has 0 aromatic rings. The molecule has 3 aliphatic carbocycles. The van der Waals surface area contributed by atoms with E-state index in [1.807, 2.05) is 6.08 Å². The molecule has 3 saturated carbocycles. The summed E-state index contributed by atoms with van der Waals surface area (Å²) in [5, 5.41) is 20.8. The fraction of sp³-hybridized carbons (Fsp3) is 0.773. The number of carbonyl (C=O) groups is 1. The van der Waals surface area contributed by atoms with Crippen molar-refractivity contribution in [3.05, 3.63) is 23.8 Å². The zero-order valence-corrected chi connectivity index (χ0v) is 15.9. The Morgan fingerprint density at radius 3 is 2.73 bits per heavy atom. The minimum atomic E-state index is -0.342. The van der Waals surface area contributed by atoms with E-state index in [2.05, 4.69) is 12.2 Å². The van der Waals surface area contributed by atoms with Crippen LogP contribution in [0.2, 0.25) is 0 Å². The van der Waals surface area contributed by atoms with E-state index < -0.39 is 0 Å². The molecule has 3 aliphatic rings. The molecule has 5 atom stereocenters. The highest BCUT2D eigenvalue weighted by Crippen LogP contribution is 2.50. The predicted molar refractivity (Wildman–Crippen MR) is 103 cm³/mol. The zero-order valence-electron chi connectivity index (χ0n) is 15.9. The summed E-state index contributed by atoms with van der Waals surface area (Å²) in [6, 6.07) is 0. The van der Waals surface area contributed by atoms with E-state index in [0.29, 0.717) is 24.2 Å². The molecule has 0 saturated heterocycles. The number of rotatable bonds is 8.